The Kier molecular flexibility index (Phi) is 7.68. The van der Waals surface area contributed by atoms with Crippen molar-refractivity contribution in [2.75, 3.05) is 13.7 Å². The van der Waals surface area contributed by atoms with Crippen LogP contribution in [0.5, 0.6) is 0 Å². The first kappa shape index (κ1) is 12.0. The Morgan fingerprint density at radius 2 is 2.00 bits per heavy atom. The molecule has 0 rings (SSSR count). The van der Waals surface area contributed by atoms with Gasteiger partial charge in [-0.05, 0) is 5.82 Å². The third-order valence-electron chi connectivity index (χ3n) is 2.25. The van der Waals surface area contributed by atoms with Crippen LogP contribution in [-0.4, -0.2) is 21.0 Å². The topological polar surface area (TPSA) is 9.23 Å². The molecule has 0 aliphatic rings. The first-order valence-corrected chi connectivity index (χ1v) is 5.08. The van der Waals surface area contributed by atoms with Gasteiger partial charge in [0, 0.05) is 13.7 Å². The summed E-state index contributed by atoms with van der Waals surface area (Å²) in [6.07, 6.45) is 3.78. The second kappa shape index (κ2) is 7.66. The average Bonchev–Trinajstić information content (AvgIpc) is 2.04. The van der Waals surface area contributed by atoms with Gasteiger partial charge in [-0.2, -0.15) is 0 Å². The molecule has 2 atom stereocenters. The van der Waals surface area contributed by atoms with Gasteiger partial charge in [-0.15, -0.1) is 0 Å². The van der Waals surface area contributed by atoms with Gasteiger partial charge in [0.1, 0.15) is 7.28 Å². The highest BCUT2D eigenvalue weighted by Crippen LogP contribution is 2.19. The molecule has 0 aromatic carbocycles. The van der Waals surface area contributed by atoms with Crippen LogP contribution in [-0.2, 0) is 4.74 Å². The summed E-state index contributed by atoms with van der Waals surface area (Å²) in [5.41, 5.74) is 0. The molecule has 12 heavy (non-hydrogen) atoms. The lowest BCUT2D eigenvalue weighted by Gasteiger charge is -2.16. The third kappa shape index (κ3) is 5.65. The van der Waals surface area contributed by atoms with Crippen LogP contribution in [0, 0.1) is 0 Å². The van der Waals surface area contributed by atoms with Crippen LogP contribution in [0.15, 0.2) is 0 Å². The van der Waals surface area contributed by atoms with Gasteiger partial charge in [-0.3, -0.25) is 0 Å². The van der Waals surface area contributed by atoms with E-state index in [0.717, 1.165) is 12.4 Å². The SMILES string of the molecule is CCCC(C)[B]C(CC)COC. The van der Waals surface area contributed by atoms with Gasteiger partial charge in [0.15, 0.2) is 0 Å². The first-order valence-electron chi connectivity index (χ1n) is 5.08. The van der Waals surface area contributed by atoms with Gasteiger partial charge in [0.2, 0.25) is 0 Å². The van der Waals surface area contributed by atoms with E-state index >= 15 is 0 Å². The van der Waals surface area contributed by atoms with Crippen molar-refractivity contribution in [1.82, 2.24) is 0 Å². The average molecular weight is 169 g/mol. The van der Waals surface area contributed by atoms with E-state index in [1.54, 1.807) is 7.11 Å². The summed E-state index contributed by atoms with van der Waals surface area (Å²) in [6, 6.07) is 0. The quantitative estimate of drug-likeness (QED) is 0.532. The molecule has 0 N–H and O–H groups in total. The molecular formula is C10H22BO. The molecule has 1 nitrogen and oxygen atoms in total. The number of hydrogen-bond acceptors (Lipinski definition) is 1. The summed E-state index contributed by atoms with van der Waals surface area (Å²) in [7, 11) is 4.22. The predicted molar refractivity (Wildman–Crippen MR) is 56.0 cm³/mol. The van der Waals surface area contributed by atoms with Gasteiger partial charge in [-0.1, -0.05) is 45.9 Å². The minimum atomic E-state index is 0.650. The van der Waals surface area contributed by atoms with Gasteiger partial charge in [0.25, 0.3) is 0 Å². The van der Waals surface area contributed by atoms with Crippen molar-refractivity contribution in [3.05, 3.63) is 0 Å². The Morgan fingerprint density at radius 1 is 1.33 bits per heavy atom. The fraction of sp³-hybridized carbons (Fsp3) is 1.00. The molecule has 0 saturated heterocycles. The van der Waals surface area contributed by atoms with E-state index < -0.39 is 0 Å². The van der Waals surface area contributed by atoms with Crippen molar-refractivity contribution in [1.29, 1.82) is 0 Å². The smallest absolute Gasteiger partial charge is 0.120 e. The maximum Gasteiger partial charge on any atom is 0.120 e. The number of methoxy groups -OCH3 is 1. The molecule has 2 unspecified atom stereocenters. The van der Waals surface area contributed by atoms with E-state index in [1.165, 1.54) is 19.3 Å². The molecule has 71 valence electrons. The summed E-state index contributed by atoms with van der Waals surface area (Å²) in [5.74, 6) is 1.40. The molecule has 2 heteroatoms. The zero-order chi connectivity index (χ0) is 9.40. The summed E-state index contributed by atoms with van der Waals surface area (Å²) < 4.78 is 5.14. The molecule has 0 bridgehead atoms. The van der Waals surface area contributed by atoms with E-state index in [-0.39, 0.29) is 0 Å². The van der Waals surface area contributed by atoms with Crippen LogP contribution in [0.25, 0.3) is 0 Å². The Morgan fingerprint density at radius 3 is 2.42 bits per heavy atom. The van der Waals surface area contributed by atoms with E-state index in [9.17, 15) is 0 Å². The van der Waals surface area contributed by atoms with E-state index in [4.69, 9.17) is 4.74 Å². The van der Waals surface area contributed by atoms with Gasteiger partial charge < -0.3 is 4.74 Å². The lowest BCUT2D eigenvalue weighted by atomic mass is 9.54. The molecule has 0 heterocycles. The standard InChI is InChI=1S/C10H22BO/c1-5-7-9(3)11-10(6-2)8-12-4/h9-10H,5-8H2,1-4H3. The second-order valence-corrected chi connectivity index (χ2v) is 3.58. The number of hydrogen-bond donors (Lipinski definition) is 0. The largest absolute Gasteiger partial charge is 0.385 e. The van der Waals surface area contributed by atoms with Crippen molar-refractivity contribution in [3.63, 3.8) is 0 Å². The van der Waals surface area contributed by atoms with E-state index in [0.29, 0.717) is 5.82 Å². The molecule has 0 aliphatic carbocycles. The second-order valence-electron chi connectivity index (χ2n) is 3.58. The van der Waals surface area contributed by atoms with Gasteiger partial charge >= 0.3 is 0 Å². The van der Waals surface area contributed by atoms with Crippen molar-refractivity contribution in [2.45, 2.75) is 51.7 Å². The first-order chi connectivity index (χ1) is 5.74. The van der Waals surface area contributed by atoms with E-state index in [2.05, 4.69) is 28.1 Å². The highest BCUT2D eigenvalue weighted by atomic mass is 16.5. The Hall–Kier alpha value is 0.0249. The molecular weight excluding hydrogens is 147 g/mol. The van der Waals surface area contributed by atoms with Gasteiger partial charge in [-0.25, -0.2) is 0 Å². The maximum absolute atomic E-state index is 5.14. The number of ether oxygens (including phenoxy) is 1. The van der Waals surface area contributed by atoms with Crippen LogP contribution < -0.4 is 0 Å². The summed E-state index contributed by atoms with van der Waals surface area (Å²) in [4.78, 5) is 0. The van der Waals surface area contributed by atoms with Crippen LogP contribution >= 0.6 is 0 Å². The molecule has 1 radical (unpaired) electrons. The Balaban J connectivity index is 3.53. The van der Waals surface area contributed by atoms with Crippen LogP contribution in [0.2, 0.25) is 11.6 Å². The highest BCUT2D eigenvalue weighted by Gasteiger charge is 2.12. The lowest BCUT2D eigenvalue weighted by Crippen LogP contribution is -2.13. The molecule has 0 fully saturated rings. The third-order valence-corrected chi connectivity index (χ3v) is 2.25. The monoisotopic (exact) mass is 169 g/mol. The zero-order valence-electron chi connectivity index (χ0n) is 8.97. The molecule has 0 aromatic rings. The summed E-state index contributed by atoms with van der Waals surface area (Å²) in [5, 5.41) is 0. The molecule has 0 amide bonds. The van der Waals surface area contributed by atoms with Crippen molar-refractivity contribution >= 4 is 7.28 Å². The molecule has 0 aliphatic heterocycles. The minimum Gasteiger partial charge on any atom is -0.385 e. The van der Waals surface area contributed by atoms with Crippen molar-refractivity contribution in [3.8, 4) is 0 Å². The summed E-state index contributed by atoms with van der Waals surface area (Å²) >= 11 is 0. The minimum absolute atomic E-state index is 0.650. The Bertz CT molecular complexity index is 95.8. The fourth-order valence-electron chi connectivity index (χ4n) is 1.54. The van der Waals surface area contributed by atoms with Gasteiger partial charge in [0.05, 0.1) is 0 Å². The molecule has 0 aromatic heterocycles. The van der Waals surface area contributed by atoms with Crippen LogP contribution in [0.3, 0.4) is 0 Å². The number of rotatable bonds is 7. The molecule has 0 saturated carbocycles. The fourth-order valence-corrected chi connectivity index (χ4v) is 1.54. The van der Waals surface area contributed by atoms with E-state index in [1.807, 2.05) is 0 Å². The van der Waals surface area contributed by atoms with Crippen molar-refractivity contribution in [2.24, 2.45) is 0 Å². The summed E-state index contributed by atoms with van der Waals surface area (Å²) in [6.45, 7) is 7.63. The maximum atomic E-state index is 5.14. The Labute approximate surface area is 78.1 Å². The van der Waals surface area contributed by atoms with Crippen LogP contribution in [0.4, 0.5) is 0 Å². The predicted octanol–water partition coefficient (Wildman–Crippen LogP) is 3.14. The zero-order valence-corrected chi connectivity index (χ0v) is 8.97. The lowest BCUT2D eigenvalue weighted by molar-refractivity contribution is 0.193. The highest BCUT2D eigenvalue weighted by molar-refractivity contribution is 6.39. The normalized spacial score (nSPS) is 15.7. The van der Waals surface area contributed by atoms with Crippen LogP contribution in [0.1, 0.15) is 40.0 Å². The van der Waals surface area contributed by atoms with Crippen molar-refractivity contribution < 1.29 is 4.74 Å². The molecule has 0 spiro atoms.